The number of hydrogen-bond donors (Lipinski definition) is 3. The van der Waals surface area contributed by atoms with Crippen molar-refractivity contribution in [1.82, 2.24) is 20.8 Å². The highest BCUT2D eigenvalue weighted by atomic mass is 35.5. The normalized spacial score (nSPS) is 10.1. The van der Waals surface area contributed by atoms with Gasteiger partial charge >= 0.3 is 0 Å². The first-order valence-corrected chi connectivity index (χ1v) is 6.36. The van der Waals surface area contributed by atoms with Gasteiger partial charge in [-0.1, -0.05) is 11.6 Å². The second kappa shape index (κ2) is 6.72. The Kier molecular flexibility index (Phi) is 4.73. The minimum atomic E-state index is -0.261. The second-order valence-electron chi connectivity index (χ2n) is 3.99. The van der Waals surface area contributed by atoms with Crippen molar-refractivity contribution in [3.63, 3.8) is 0 Å². The zero-order chi connectivity index (χ0) is 14.4. The van der Waals surface area contributed by atoms with Crippen molar-refractivity contribution in [3.05, 3.63) is 52.8 Å². The van der Waals surface area contributed by atoms with Gasteiger partial charge in [0, 0.05) is 29.9 Å². The predicted molar refractivity (Wildman–Crippen MR) is 74.7 cm³/mol. The Morgan fingerprint density at radius 3 is 2.30 bits per heavy atom. The third kappa shape index (κ3) is 3.83. The van der Waals surface area contributed by atoms with E-state index in [1.54, 1.807) is 30.3 Å². The van der Waals surface area contributed by atoms with Crippen LogP contribution in [0.4, 0.5) is 0 Å². The molecule has 0 spiro atoms. The van der Waals surface area contributed by atoms with Crippen LogP contribution in [0.2, 0.25) is 5.02 Å². The molecular weight excluding hydrogens is 280 g/mol. The molecule has 0 unspecified atom stereocenters. The number of carbonyl (C=O) groups excluding carboxylic acids is 2. The fourth-order valence-corrected chi connectivity index (χ4v) is 1.66. The van der Waals surface area contributed by atoms with Crippen LogP contribution in [0.25, 0.3) is 0 Å². The number of nitrogens with zero attached hydrogens (tertiary/aromatic N) is 1. The first-order chi connectivity index (χ1) is 9.66. The predicted octanol–water partition coefficient (Wildman–Crippen LogP) is 1.22. The third-order valence-electron chi connectivity index (χ3n) is 2.55. The van der Waals surface area contributed by atoms with Gasteiger partial charge in [0.25, 0.3) is 11.8 Å². The standard InChI is InChI=1S/C13H13ClN4O2/c14-10-3-1-9(2-4-10)12(19)15-7-8-16-13(20)11-5-6-17-18-11/h1-6H,7-8H2,(H,15,19)(H,16,20)(H,17,18). The molecule has 0 atom stereocenters. The molecule has 2 amide bonds. The Balaban J connectivity index is 1.72. The van der Waals surface area contributed by atoms with Gasteiger partial charge < -0.3 is 10.6 Å². The molecule has 0 saturated heterocycles. The average Bonchev–Trinajstić information content (AvgIpc) is 2.98. The Bertz CT molecular complexity index is 581. The van der Waals surface area contributed by atoms with E-state index in [-0.39, 0.29) is 11.8 Å². The molecule has 0 aliphatic rings. The maximum atomic E-state index is 11.7. The lowest BCUT2D eigenvalue weighted by Gasteiger charge is -2.06. The summed E-state index contributed by atoms with van der Waals surface area (Å²) in [6.45, 7) is 0.665. The highest BCUT2D eigenvalue weighted by molar-refractivity contribution is 6.30. The lowest BCUT2D eigenvalue weighted by atomic mass is 10.2. The number of amides is 2. The van der Waals surface area contributed by atoms with Gasteiger partial charge in [0.2, 0.25) is 0 Å². The SMILES string of the molecule is O=C(NCCNC(=O)c1ccn[nH]1)c1ccc(Cl)cc1. The molecule has 2 aromatic rings. The fourth-order valence-electron chi connectivity index (χ4n) is 1.53. The molecule has 2 rings (SSSR count). The summed E-state index contributed by atoms with van der Waals surface area (Å²) < 4.78 is 0. The van der Waals surface area contributed by atoms with Crippen LogP contribution in [-0.4, -0.2) is 35.1 Å². The topological polar surface area (TPSA) is 86.9 Å². The van der Waals surface area contributed by atoms with Crippen LogP contribution in [0.1, 0.15) is 20.8 Å². The maximum Gasteiger partial charge on any atom is 0.269 e. The van der Waals surface area contributed by atoms with Gasteiger partial charge in [0.15, 0.2) is 0 Å². The maximum absolute atomic E-state index is 11.7. The summed E-state index contributed by atoms with van der Waals surface area (Å²) in [5.74, 6) is -0.472. The zero-order valence-corrected chi connectivity index (χ0v) is 11.3. The van der Waals surface area contributed by atoms with Gasteiger partial charge in [-0.05, 0) is 30.3 Å². The zero-order valence-electron chi connectivity index (χ0n) is 10.5. The van der Waals surface area contributed by atoms with E-state index in [0.717, 1.165) is 0 Å². The Hall–Kier alpha value is -2.34. The third-order valence-corrected chi connectivity index (χ3v) is 2.80. The number of halogens is 1. The van der Waals surface area contributed by atoms with Crippen LogP contribution >= 0.6 is 11.6 Å². The highest BCUT2D eigenvalue weighted by Crippen LogP contribution is 2.09. The van der Waals surface area contributed by atoms with Gasteiger partial charge in [-0.15, -0.1) is 0 Å². The quantitative estimate of drug-likeness (QED) is 0.724. The summed E-state index contributed by atoms with van der Waals surface area (Å²) in [6.07, 6.45) is 1.50. The molecule has 0 radical (unpaired) electrons. The molecule has 3 N–H and O–H groups in total. The Labute approximate surface area is 120 Å². The summed E-state index contributed by atoms with van der Waals surface area (Å²) in [7, 11) is 0. The van der Waals surface area contributed by atoms with Crippen molar-refractivity contribution in [2.45, 2.75) is 0 Å². The summed E-state index contributed by atoms with van der Waals surface area (Å²) in [5, 5.41) is 12.2. The Morgan fingerprint density at radius 1 is 1.05 bits per heavy atom. The minimum absolute atomic E-state index is 0.211. The number of nitrogens with one attached hydrogen (secondary N) is 3. The molecule has 20 heavy (non-hydrogen) atoms. The molecule has 0 aliphatic heterocycles. The van der Waals surface area contributed by atoms with Crippen molar-refractivity contribution >= 4 is 23.4 Å². The summed E-state index contributed by atoms with van der Waals surface area (Å²) >= 11 is 5.74. The fraction of sp³-hybridized carbons (Fsp3) is 0.154. The van der Waals surface area contributed by atoms with Crippen LogP contribution in [0.15, 0.2) is 36.5 Å². The van der Waals surface area contributed by atoms with Crippen molar-refractivity contribution in [3.8, 4) is 0 Å². The van der Waals surface area contributed by atoms with Crippen LogP contribution in [0.5, 0.6) is 0 Å². The summed E-state index contributed by atoms with van der Waals surface area (Å²) in [6, 6.07) is 8.15. The number of rotatable bonds is 5. The summed E-state index contributed by atoms with van der Waals surface area (Å²) in [5.41, 5.74) is 0.906. The monoisotopic (exact) mass is 292 g/mol. The van der Waals surface area contributed by atoms with Crippen molar-refractivity contribution in [1.29, 1.82) is 0 Å². The Morgan fingerprint density at radius 2 is 1.70 bits per heavy atom. The number of benzene rings is 1. The molecule has 1 aromatic carbocycles. The van der Waals surface area contributed by atoms with Gasteiger partial charge in [-0.2, -0.15) is 5.10 Å². The average molecular weight is 293 g/mol. The van der Waals surface area contributed by atoms with Crippen LogP contribution in [-0.2, 0) is 0 Å². The molecule has 0 saturated carbocycles. The highest BCUT2D eigenvalue weighted by Gasteiger charge is 2.07. The summed E-state index contributed by atoms with van der Waals surface area (Å²) in [4.78, 5) is 23.3. The van der Waals surface area contributed by atoms with E-state index in [1.807, 2.05) is 0 Å². The van der Waals surface area contributed by atoms with Gasteiger partial charge in [-0.3, -0.25) is 14.7 Å². The van der Waals surface area contributed by atoms with E-state index in [4.69, 9.17) is 11.6 Å². The number of hydrogen-bond acceptors (Lipinski definition) is 3. The van der Waals surface area contributed by atoms with Crippen LogP contribution in [0.3, 0.4) is 0 Å². The van der Waals surface area contributed by atoms with E-state index in [9.17, 15) is 9.59 Å². The number of H-pyrrole nitrogens is 1. The molecular formula is C13H13ClN4O2. The molecule has 0 bridgehead atoms. The lowest BCUT2D eigenvalue weighted by Crippen LogP contribution is -2.34. The molecule has 0 fully saturated rings. The molecule has 1 aromatic heterocycles. The van der Waals surface area contributed by atoms with Crippen molar-refractivity contribution < 1.29 is 9.59 Å². The molecule has 1 heterocycles. The lowest BCUT2D eigenvalue weighted by molar-refractivity contribution is 0.0925. The van der Waals surface area contributed by atoms with Gasteiger partial charge in [0.05, 0.1) is 0 Å². The first-order valence-electron chi connectivity index (χ1n) is 5.98. The number of aromatic nitrogens is 2. The van der Waals surface area contributed by atoms with E-state index >= 15 is 0 Å². The van der Waals surface area contributed by atoms with Crippen molar-refractivity contribution in [2.75, 3.05) is 13.1 Å². The smallest absolute Gasteiger partial charge is 0.269 e. The largest absolute Gasteiger partial charge is 0.350 e. The van der Waals surface area contributed by atoms with Gasteiger partial charge in [-0.25, -0.2) is 0 Å². The molecule has 104 valence electrons. The number of carbonyl (C=O) groups is 2. The van der Waals surface area contributed by atoms with Crippen LogP contribution < -0.4 is 10.6 Å². The van der Waals surface area contributed by atoms with E-state index in [2.05, 4.69) is 20.8 Å². The molecule has 0 aliphatic carbocycles. The van der Waals surface area contributed by atoms with E-state index < -0.39 is 0 Å². The van der Waals surface area contributed by atoms with Gasteiger partial charge in [0.1, 0.15) is 5.69 Å². The second-order valence-corrected chi connectivity index (χ2v) is 4.43. The number of aromatic amines is 1. The molecule has 7 heteroatoms. The minimum Gasteiger partial charge on any atom is -0.350 e. The van der Waals surface area contributed by atoms with E-state index in [1.165, 1.54) is 6.20 Å². The first kappa shape index (κ1) is 14.1. The molecule has 6 nitrogen and oxygen atoms in total. The van der Waals surface area contributed by atoms with E-state index in [0.29, 0.717) is 29.4 Å². The van der Waals surface area contributed by atoms with Crippen LogP contribution in [0, 0.1) is 0 Å². The van der Waals surface area contributed by atoms with Crippen molar-refractivity contribution in [2.24, 2.45) is 0 Å².